The first kappa shape index (κ1) is 22.9. The highest BCUT2D eigenvalue weighted by Gasteiger charge is 2.49. The molecule has 0 amide bonds. The Balaban J connectivity index is 1.80. The van der Waals surface area contributed by atoms with Gasteiger partial charge in [0.2, 0.25) is 11.4 Å². The van der Waals surface area contributed by atoms with E-state index in [0.717, 1.165) is 11.1 Å². The summed E-state index contributed by atoms with van der Waals surface area (Å²) in [5.41, 5.74) is 0.395. The van der Waals surface area contributed by atoms with Gasteiger partial charge in [0.15, 0.2) is 0 Å². The molecule has 0 bridgehead atoms. The Labute approximate surface area is 179 Å². The minimum Gasteiger partial charge on any atom is -0.569 e. The number of aryl methyl sites for hydroxylation is 1. The summed E-state index contributed by atoms with van der Waals surface area (Å²) in [4.78, 5) is 17.2. The number of benzene rings is 1. The molecule has 2 aliphatic rings. The fourth-order valence-electron chi connectivity index (χ4n) is 3.02. The van der Waals surface area contributed by atoms with Crippen molar-refractivity contribution in [1.82, 2.24) is 5.01 Å². The Hall–Kier alpha value is -2.73. The molecule has 1 N–H and O–H groups in total. The first-order chi connectivity index (χ1) is 14.4. The third-order valence-corrected chi connectivity index (χ3v) is 5.26. The molecule has 0 aromatic heterocycles. The van der Waals surface area contributed by atoms with Crippen LogP contribution >= 0.6 is 11.6 Å². The second kappa shape index (κ2) is 8.42. The topological polar surface area (TPSA) is 107 Å². The number of hydrogen-bond acceptors (Lipinski definition) is 7. The van der Waals surface area contributed by atoms with Gasteiger partial charge in [0.05, 0.1) is 10.5 Å². The number of rotatable bonds is 5. The van der Waals surface area contributed by atoms with Gasteiger partial charge in [0.25, 0.3) is 6.29 Å². The van der Waals surface area contributed by atoms with Crippen LogP contribution in [0, 0.1) is 19.1 Å². The Kier molecular flexibility index (Phi) is 6.23. The Bertz CT molecular complexity index is 946. The highest BCUT2D eigenvalue weighted by Crippen LogP contribution is 2.41. The maximum Gasteiger partial charge on any atom is 0.430 e. The molecule has 9 nitrogen and oxygen atoms in total. The van der Waals surface area contributed by atoms with E-state index < -0.39 is 36.2 Å². The van der Waals surface area contributed by atoms with Crippen LogP contribution in [0.25, 0.3) is 6.08 Å². The van der Waals surface area contributed by atoms with Crippen molar-refractivity contribution in [2.24, 2.45) is 5.28 Å². The number of alkyl halides is 3. The van der Waals surface area contributed by atoms with Crippen LogP contribution in [-0.4, -0.2) is 58.8 Å². The van der Waals surface area contributed by atoms with Crippen LogP contribution < -0.4 is 4.74 Å². The van der Waals surface area contributed by atoms with Crippen molar-refractivity contribution in [3.63, 3.8) is 0 Å². The summed E-state index contributed by atoms with van der Waals surface area (Å²) < 4.78 is 50.6. The van der Waals surface area contributed by atoms with Crippen molar-refractivity contribution in [1.29, 1.82) is 0 Å². The molecule has 1 fully saturated rings. The smallest absolute Gasteiger partial charge is 0.430 e. The molecule has 13 heteroatoms. The number of aliphatic hydroxyl groups is 1. The summed E-state index contributed by atoms with van der Waals surface area (Å²) in [6.45, 7) is 4.47. The van der Waals surface area contributed by atoms with Gasteiger partial charge in [-0.05, 0) is 37.1 Å². The molecule has 1 unspecified atom stereocenters. The van der Waals surface area contributed by atoms with Crippen molar-refractivity contribution >= 4 is 23.6 Å². The third-order valence-electron chi connectivity index (χ3n) is 4.68. The summed E-state index contributed by atoms with van der Waals surface area (Å²) in [6.07, 6.45) is -8.58. The van der Waals surface area contributed by atoms with Crippen LogP contribution in [0.1, 0.15) is 23.6 Å². The Morgan fingerprint density at radius 3 is 2.68 bits per heavy atom. The maximum atomic E-state index is 13.6. The van der Waals surface area contributed by atoms with Gasteiger partial charge in [-0.25, -0.2) is 4.79 Å². The van der Waals surface area contributed by atoms with Gasteiger partial charge in [-0.2, -0.15) is 13.2 Å². The molecule has 1 aromatic carbocycles. The van der Waals surface area contributed by atoms with E-state index in [0.29, 0.717) is 16.1 Å². The lowest BCUT2D eigenvalue weighted by Crippen LogP contribution is -2.53. The molecule has 1 aromatic rings. The summed E-state index contributed by atoms with van der Waals surface area (Å²) in [7, 11) is 0. The fourth-order valence-corrected chi connectivity index (χ4v) is 3.17. The second-order valence-electron chi connectivity index (χ2n) is 7.12. The molecule has 1 saturated heterocycles. The molecule has 0 radical (unpaired) electrons. The lowest BCUT2D eigenvalue weighted by molar-refractivity contribution is -0.728. The van der Waals surface area contributed by atoms with Gasteiger partial charge in [0, 0.05) is 17.5 Å². The standard InChI is InChI=1S/C18H19ClF3N3O6/c1-8-4-14-12(9(2)15(8)19)5-13(16(30-14)18(20,21)22)17(27)29-10(3)31-23-25(28)24-6-11(26)7-24/h4-5,10-11,16,26H,6-7H2,1-3H3/b25-23-/t10?,16-/m0/s1. The van der Waals surface area contributed by atoms with E-state index >= 15 is 0 Å². The van der Waals surface area contributed by atoms with Gasteiger partial charge in [-0.15, -0.1) is 5.01 Å². The maximum absolute atomic E-state index is 13.6. The van der Waals surface area contributed by atoms with Crippen LogP contribution in [0.5, 0.6) is 5.75 Å². The minimum absolute atomic E-state index is 0.0441. The lowest BCUT2D eigenvalue weighted by Gasteiger charge is -2.30. The summed E-state index contributed by atoms with van der Waals surface area (Å²) in [6, 6.07) is 1.36. The van der Waals surface area contributed by atoms with E-state index in [4.69, 9.17) is 31.0 Å². The number of carbonyl (C=O) groups is 1. The highest BCUT2D eigenvalue weighted by atomic mass is 35.5. The van der Waals surface area contributed by atoms with Gasteiger partial charge >= 0.3 is 12.1 Å². The number of hydrogen-bond donors (Lipinski definition) is 1. The zero-order valence-electron chi connectivity index (χ0n) is 16.6. The normalized spacial score (nSPS) is 20.3. The van der Waals surface area contributed by atoms with Crippen molar-refractivity contribution in [2.75, 3.05) is 13.1 Å². The van der Waals surface area contributed by atoms with Gasteiger partial charge in [0.1, 0.15) is 24.9 Å². The molecule has 31 heavy (non-hydrogen) atoms. The van der Waals surface area contributed by atoms with Gasteiger partial charge < -0.3 is 19.8 Å². The van der Waals surface area contributed by atoms with E-state index in [2.05, 4.69) is 5.28 Å². The van der Waals surface area contributed by atoms with Crippen LogP contribution in [0.3, 0.4) is 0 Å². The first-order valence-corrected chi connectivity index (χ1v) is 9.49. The molecule has 3 rings (SSSR count). The molecule has 170 valence electrons. The summed E-state index contributed by atoms with van der Waals surface area (Å²) in [5, 5.41) is 25.3. The number of esters is 1. The van der Waals surface area contributed by atoms with Gasteiger partial charge in [-0.3, -0.25) is 4.84 Å². The highest BCUT2D eigenvalue weighted by molar-refractivity contribution is 6.32. The minimum atomic E-state index is -4.90. The molecular weight excluding hydrogens is 447 g/mol. The fraction of sp³-hybridized carbons (Fsp3) is 0.500. The number of halogens is 4. The molecule has 0 aliphatic carbocycles. The largest absolute Gasteiger partial charge is 0.569 e. The third kappa shape index (κ3) is 4.79. The zero-order valence-corrected chi connectivity index (χ0v) is 17.4. The van der Waals surface area contributed by atoms with Crippen molar-refractivity contribution in [3.05, 3.63) is 38.6 Å². The monoisotopic (exact) mass is 465 g/mol. The summed E-state index contributed by atoms with van der Waals surface area (Å²) >= 11 is 6.17. The molecule has 2 aliphatic heterocycles. The number of carbonyl (C=O) groups excluding carboxylic acids is 1. The van der Waals surface area contributed by atoms with Crippen LogP contribution in [0.15, 0.2) is 16.9 Å². The van der Waals surface area contributed by atoms with Gasteiger partial charge in [-0.1, -0.05) is 11.6 Å². The molecule has 2 atom stereocenters. The molecule has 0 spiro atoms. The molecule has 0 saturated carbocycles. The van der Waals surface area contributed by atoms with E-state index in [1.807, 2.05) is 0 Å². The van der Waals surface area contributed by atoms with Crippen molar-refractivity contribution in [2.45, 2.75) is 45.4 Å². The number of fused-ring (bicyclic) bond motifs is 1. The number of ether oxygens (including phenoxy) is 2. The quantitative estimate of drug-likeness (QED) is 0.234. The summed E-state index contributed by atoms with van der Waals surface area (Å²) in [5.74, 6) is -1.42. The second-order valence-corrected chi connectivity index (χ2v) is 7.50. The lowest BCUT2D eigenvalue weighted by atomic mass is 9.96. The number of hydrazine groups is 1. The van der Waals surface area contributed by atoms with Crippen molar-refractivity contribution < 1.29 is 42.4 Å². The Morgan fingerprint density at radius 1 is 1.45 bits per heavy atom. The van der Waals surface area contributed by atoms with Crippen LogP contribution in [0.2, 0.25) is 5.02 Å². The van der Waals surface area contributed by atoms with E-state index in [1.54, 1.807) is 13.8 Å². The predicted octanol–water partition coefficient (Wildman–Crippen LogP) is 3.04. The zero-order chi connectivity index (χ0) is 23.1. The van der Waals surface area contributed by atoms with E-state index in [-0.39, 0.29) is 29.4 Å². The number of β-amino-alcohol motifs (C(OH)–C–C–N with tert-alkyl or cyclic N) is 1. The average molecular weight is 466 g/mol. The van der Waals surface area contributed by atoms with E-state index in [1.165, 1.54) is 13.0 Å². The SMILES string of the molecule is Cc1cc2c(c(C)c1Cl)C=C(C(=O)OC(C)O/N=[N+](\[O-])N1CC(O)C1)[C@@H](C(F)(F)F)O2. The van der Waals surface area contributed by atoms with E-state index in [9.17, 15) is 23.2 Å². The van der Waals surface area contributed by atoms with Crippen LogP contribution in [0.4, 0.5) is 13.2 Å². The Morgan fingerprint density at radius 2 is 2.10 bits per heavy atom. The predicted molar refractivity (Wildman–Crippen MR) is 99.6 cm³/mol. The molecular formula is C18H19ClF3N3O6. The average Bonchev–Trinajstić information content (AvgIpc) is 2.66. The number of aliphatic hydroxyl groups excluding tert-OH is 1. The molecule has 2 heterocycles. The number of nitrogens with zero attached hydrogens (tertiary/aromatic N) is 3. The van der Waals surface area contributed by atoms with Crippen LogP contribution in [-0.2, 0) is 14.4 Å². The first-order valence-electron chi connectivity index (χ1n) is 9.11. The van der Waals surface area contributed by atoms with Crippen molar-refractivity contribution in [3.8, 4) is 5.75 Å².